The number of carbonyl (C=O) groups excluding carboxylic acids is 2. The highest BCUT2D eigenvalue weighted by Crippen LogP contribution is 2.06. The summed E-state index contributed by atoms with van der Waals surface area (Å²) in [5, 5.41) is 8.37. The van der Waals surface area contributed by atoms with Gasteiger partial charge in [0.15, 0.2) is 0 Å². The zero-order chi connectivity index (χ0) is 12.5. The zero-order valence-corrected chi connectivity index (χ0v) is 10.3. The van der Waals surface area contributed by atoms with Crippen LogP contribution in [-0.4, -0.2) is 51.2 Å². The normalized spacial score (nSPS) is 16.5. The first kappa shape index (κ1) is 13.9. The van der Waals surface area contributed by atoms with Crippen molar-refractivity contribution in [2.24, 2.45) is 0 Å². The van der Waals surface area contributed by atoms with Crippen molar-refractivity contribution in [2.75, 3.05) is 33.3 Å². The quantitative estimate of drug-likeness (QED) is 0.559. The maximum atomic E-state index is 11.4. The Bertz CT molecular complexity index is 252. The average Bonchev–Trinajstić information content (AvgIpc) is 2.37. The minimum Gasteiger partial charge on any atom is -0.368 e. The number of piperidine rings is 1. The Morgan fingerprint density at radius 2 is 2.00 bits per heavy atom. The van der Waals surface area contributed by atoms with Crippen molar-refractivity contribution >= 4 is 11.8 Å². The minimum atomic E-state index is -0.160. The second kappa shape index (κ2) is 8.03. The van der Waals surface area contributed by atoms with E-state index in [1.54, 1.807) is 7.05 Å². The third kappa shape index (κ3) is 6.23. The predicted molar refractivity (Wildman–Crippen MR) is 63.5 cm³/mol. The molecule has 1 aliphatic rings. The third-order valence-electron chi connectivity index (χ3n) is 2.69. The number of amides is 2. The molecule has 0 saturated carbocycles. The van der Waals surface area contributed by atoms with Gasteiger partial charge in [-0.15, -0.1) is 0 Å². The lowest BCUT2D eigenvalue weighted by molar-refractivity contribution is -0.128. The van der Waals surface area contributed by atoms with Gasteiger partial charge < -0.3 is 20.7 Å². The van der Waals surface area contributed by atoms with Crippen LogP contribution in [-0.2, 0) is 14.3 Å². The van der Waals surface area contributed by atoms with Crippen molar-refractivity contribution in [1.82, 2.24) is 16.0 Å². The summed E-state index contributed by atoms with van der Waals surface area (Å²) < 4.78 is 5.48. The standard InChI is InChI=1S/C11H21N3O3/c1-12-10(15)4-7-14-11(16)8-17-9-2-5-13-6-3-9/h9,13H,2-8H2,1H3,(H,12,15)(H,14,16). The Labute approximate surface area is 101 Å². The van der Waals surface area contributed by atoms with E-state index in [1.165, 1.54) is 0 Å². The van der Waals surface area contributed by atoms with E-state index in [-0.39, 0.29) is 24.5 Å². The van der Waals surface area contributed by atoms with Crippen LogP contribution in [0.5, 0.6) is 0 Å². The average molecular weight is 243 g/mol. The molecule has 0 spiro atoms. The smallest absolute Gasteiger partial charge is 0.246 e. The van der Waals surface area contributed by atoms with Gasteiger partial charge in [0.05, 0.1) is 6.10 Å². The van der Waals surface area contributed by atoms with Crippen LogP contribution in [0.15, 0.2) is 0 Å². The van der Waals surface area contributed by atoms with E-state index in [9.17, 15) is 9.59 Å². The van der Waals surface area contributed by atoms with E-state index >= 15 is 0 Å². The molecule has 0 unspecified atom stereocenters. The molecule has 2 amide bonds. The summed E-state index contributed by atoms with van der Waals surface area (Å²) in [5.74, 6) is -0.239. The summed E-state index contributed by atoms with van der Waals surface area (Å²) in [6.45, 7) is 2.33. The van der Waals surface area contributed by atoms with Gasteiger partial charge in [-0.05, 0) is 25.9 Å². The van der Waals surface area contributed by atoms with Crippen LogP contribution in [0.25, 0.3) is 0 Å². The van der Waals surface area contributed by atoms with Crippen molar-refractivity contribution in [3.05, 3.63) is 0 Å². The Morgan fingerprint density at radius 3 is 2.65 bits per heavy atom. The van der Waals surface area contributed by atoms with Crippen molar-refractivity contribution in [1.29, 1.82) is 0 Å². The lowest BCUT2D eigenvalue weighted by Crippen LogP contribution is -2.36. The maximum Gasteiger partial charge on any atom is 0.246 e. The molecule has 0 aromatic carbocycles. The van der Waals surface area contributed by atoms with Crippen LogP contribution in [0, 0.1) is 0 Å². The molecule has 17 heavy (non-hydrogen) atoms. The molecular weight excluding hydrogens is 222 g/mol. The van der Waals surface area contributed by atoms with Crippen molar-refractivity contribution in [3.63, 3.8) is 0 Å². The fraction of sp³-hybridized carbons (Fsp3) is 0.818. The molecule has 0 radical (unpaired) electrons. The molecule has 1 saturated heterocycles. The summed E-state index contributed by atoms with van der Waals surface area (Å²) in [4.78, 5) is 22.3. The number of hydrogen-bond acceptors (Lipinski definition) is 4. The summed E-state index contributed by atoms with van der Waals surface area (Å²) in [6.07, 6.45) is 2.38. The van der Waals surface area contributed by atoms with Gasteiger partial charge >= 0.3 is 0 Å². The van der Waals surface area contributed by atoms with E-state index in [2.05, 4.69) is 16.0 Å². The topological polar surface area (TPSA) is 79.5 Å². The van der Waals surface area contributed by atoms with Crippen molar-refractivity contribution < 1.29 is 14.3 Å². The van der Waals surface area contributed by atoms with Crippen LogP contribution in [0.2, 0.25) is 0 Å². The lowest BCUT2D eigenvalue weighted by Gasteiger charge is -2.22. The van der Waals surface area contributed by atoms with Gasteiger partial charge in [-0.25, -0.2) is 0 Å². The van der Waals surface area contributed by atoms with Gasteiger partial charge in [0.1, 0.15) is 6.61 Å². The van der Waals surface area contributed by atoms with Gasteiger partial charge in [-0.1, -0.05) is 0 Å². The van der Waals surface area contributed by atoms with Gasteiger partial charge in [0, 0.05) is 20.0 Å². The van der Waals surface area contributed by atoms with Crippen molar-refractivity contribution in [3.8, 4) is 0 Å². The number of nitrogens with one attached hydrogen (secondary N) is 3. The van der Waals surface area contributed by atoms with E-state index in [1.807, 2.05) is 0 Å². The highest BCUT2D eigenvalue weighted by Gasteiger charge is 2.14. The SMILES string of the molecule is CNC(=O)CCNC(=O)COC1CCNCC1. The van der Waals surface area contributed by atoms with E-state index in [0.29, 0.717) is 13.0 Å². The lowest BCUT2D eigenvalue weighted by atomic mass is 10.1. The molecule has 3 N–H and O–H groups in total. The Kier molecular flexibility index (Phi) is 6.57. The van der Waals surface area contributed by atoms with Gasteiger partial charge in [0.2, 0.25) is 11.8 Å². The first-order valence-electron chi connectivity index (χ1n) is 6.02. The van der Waals surface area contributed by atoms with E-state index < -0.39 is 0 Å². The predicted octanol–water partition coefficient (Wildman–Crippen LogP) is -0.993. The van der Waals surface area contributed by atoms with Gasteiger partial charge in [0.25, 0.3) is 0 Å². The minimum absolute atomic E-state index is 0.0791. The van der Waals surface area contributed by atoms with Crippen LogP contribution >= 0.6 is 0 Å². The first-order chi connectivity index (χ1) is 8.22. The summed E-state index contributed by atoms with van der Waals surface area (Å²) in [7, 11) is 1.57. The van der Waals surface area contributed by atoms with Gasteiger partial charge in [-0.3, -0.25) is 9.59 Å². The molecular formula is C11H21N3O3. The molecule has 0 bridgehead atoms. The molecule has 1 heterocycles. The van der Waals surface area contributed by atoms with E-state index in [4.69, 9.17) is 4.74 Å². The van der Waals surface area contributed by atoms with Crippen molar-refractivity contribution in [2.45, 2.75) is 25.4 Å². The monoisotopic (exact) mass is 243 g/mol. The molecule has 1 fully saturated rings. The largest absolute Gasteiger partial charge is 0.368 e. The molecule has 0 atom stereocenters. The Hall–Kier alpha value is -1.14. The maximum absolute atomic E-state index is 11.4. The van der Waals surface area contributed by atoms with Crippen LogP contribution in [0.3, 0.4) is 0 Å². The van der Waals surface area contributed by atoms with E-state index in [0.717, 1.165) is 25.9 Å². The number of carbonyl (C=O) groups is 2. The Balaban J connectivity index is 2.02. The Morgan fingerprint density at radius 1 is 1.29 bits per heavy atom. The third-order valence-corrected chi connectivity index (χ3v) is 2.69. The molecule has 0 aliphatic carbocycles. The summed E-state index contributed by atoms with van der Waals surface area (Å²) in [6, 6.07) is 0. The molecule has 6 nitrogen and oxygen atoms in total. The molecule has 1 aliphatic heterocycles. The highest BCUT2D eigenvalue weighted by atomic mass is 16.5. The highest BCUT2D eigenvalue weighted by molar-refractivity contribution is 5.79. The van der Waals surface area contributed by atoms with Gasteiger partial charge in [-0.2, -0.15) is 0 Å². The molecule has 0 aromatic heterocycles. The number of rotatable bonds is 6. The summed E-state index contributed by atoms with van der Waals surface area (Å²) >= 11 is 0. The van der Waals surface area contributed by atoms with Crippen LogP contribution in [0.1, 0.15) is 19.3 Å². The fourth-order valence-electron chi connectivity index (χ4n) is 1.65. The molecule has 1 rings (SSSR count). The second-order valence-electron chi connectivity index (χ2n) is 4.03. The van der Waals surface area contributed by atoms with Crippen LogP contribution in [0.4, 0.5) is 0 Å². The molecule has 0 aromatic rings. The second-order valence-corrected chi connectivity index (χ2v) is 4.03. The number of hydrogen-bond donors (Lipinski definition) is 3. The summed E-state index contributed by atoms with van der Waals surface area (Å²) in [5.41, 5.74) is 0. The molecule has 98 valence electrons. The zero-order valence-electron chi connectivity index (χ0n) is 10.3. The fourth-order valence-corrected chi connectivity index (χ4v) is 1.65. The first-order valence-corrected chi connectivity index (χ1v) is 6.02. The van der Waals surface area contributed by atoms with Crippen LogP contribution < -0.4 is 16.0 Å². The molecule has 6 heteroatoms. The number of ether oxygens (including phenoxy) is 1.